The second kappa shape index (κ2) is 64.1. The minimum absolute atomic E-state index is 0.241. The average molecular weight is 1460 g/mol. The fraction of sp³-hybridized carbons (Fsp3) is 0.940. The van der Waals surface area contributed by atoms with E-state index in [2.05, 4.69) is 31.3 Å². The second-order valence-corrected chi connectivity index (χ2v) is 30.6. The van der Waals surface area contributed by atoms with E-state index < -0.39 is 124 Å². The number of aliphatic hydroxyl groups excluding tert-OH is 11. The van der Waals surface area contributed by atoms with Crippen LogP contribution in [0, 0.1) is 0 Å². The number of aliphatic hydroxyl groups is 11. The molecule has 17 atom stereocenters. The van der Waals surface area contributed by atoms with Crippen LogP contribution in [0.5, 0.6) is 0 Å². The first-order chi connectivity index (χ1) is 49.8. The van der Waals surface area contributed by atoms with Gasteiger partial charge in [-0.25, -0.2) is 0 Å². The Bertz CT molecular complexity index is 1940. The van der Waals surface area contributed by atoms with Gasteiger partial charge in [-0.15, -0.1) is 0 Å². The summed E-state index contributed by atoms with van der Waals surface area (Å²) in [5.41, 5.74) is 0. The van der Waals surface area contributed by atoms with E-state index in [1.807, 2.05) is 6.08 Å². The summed E-state index contributed by atoms with van der Waals surface area (Å²) in [6.07, 6.45) is 51.9. The van der Waals surface area contributed by atoms with Gasteiger partial charge in [-0.1, -0.05) is 353 Å². The molecular formula is C83H157NO18. The number of carbonyl (C=O) groups excluding carboxylic acids is 1. The van der Waals surface area contributed by atoms with E-state index in [1.165, 1.54) is 295 Å². The molecule has 102 heavy (non-hydrogen) atoms. The molecule has 19 nitrogen and oxygen atoms in total. The Balaban J connectivity index is 1.36. The quantitative estimate of drug-likeness (QED) is 0.0199. The topological polar surface area (TPSA) is 307 Å². The lowest BCUT2D eigenvalue weighted by Gasteiger charge is -2.48. The van der Waals surface area contributed by atoms with Crippen LogP contribution in [0.15, 0.2) is 24.3 Å². The molecular weight excluding hydrogens is 1300 g/mol. The number of allylic oxidation sites excluding steroid dienone is 3. The maximum atomic E-state index is 13.5. The van der Waals surface area contributed by atoms with Gasteiger partial charge < -0.3 is 89.9 Å². The van der Waals surface area contributed by atoms with Gasteiger partial charge in [-0.2, -0.15) is 0 Å². The normalized spacial score (nSPS) is 26.2. The molecule has 3 saturated heterocycles. The van der Waals surface area contributed by atoms with Crippen LogP contribution in [0.4, 0.5) is 0 Å². The molecule has 3 rings (SSSR count). The zero-order valence-electron chi connectivity index (χ0n) is 64.6. The van der Waals surface area contributed by atoms with Crippen molar-refractivity contribution in [2.75, 3.05) is 26.4 Å². The summed E-state index contributed by atoms with van der Waals surface area (Å²) in [6.45, 7) is 1.79. The molecule has 17 unspecified atom stereocenters. The van der Waals surface area contributed by atoms with Crippen LogP contribution < -0.4 is 5.32 Å². The molecule has 0 aliphatic carbocycles. The van der Waals surface area contributed by atoms with Gasteiger partial charge in [0, 0.05) is 6.42 Å². The number of rotatable bonds is 69. The lowest BCUT2D eigenvalue weighted by Crippen LogP contribution is -2.66. The zero-order valence-corrected chi connectivity index (χ0v) is 64.6. The summed E-state index contributed by atoms with van der Waals surface area (Å²) in [5, 5.41) is 121. The van der Waals surface area contributed by atoms with Crippen LogP contribution in [-0.2, 0) is 33.2 Å². The van der Waals surface area contributed by atoms with Crippen molar-refractivity contribution in [1.82, 2.24) is 5.32 Å². The molecule has 12 N–H and O–H groups in total. The van der Waals surface area contributed by atoms with Crippen LogP contribution in [0.2, 0.25) is 0 Å². The third-order valence-corrected chi connectivity index (χ3v) is 21.5. The Labute approximate surface area is 619 Å². The minimum atomic E-state index is -1.98. The fourth-order valence-corrected chi connectivity index (χ4v) is 14.7. The Kier molecular flexibility index (Phi) is 59.4. The summed E-state index contributed by atoms with van der Waals surface area (Å²) in [6, 6.07) is -0.989. The van der Waals surface area contributed by atoms with E-state index in [0.29, 0.717) is 12.8 Å². The third-order valence-electron chi connectivity index (χ3n) is 21.5. The fourth-order valence-electron chi connectivity index (χ4n) is 14.7. The highest BCUT2D eigenvalue weighted by molar-refractivity contribution is 5.76. The van der Waals surface area contributed by atoms with Gasteiger partial charge in [0.2, 0.25) is 5.91 Å². The summed E-state index contributed by atoms with van der Waals surface area (Å²) >= 11 is 0. The highest BCUT2D eigenvalue weighted by Gasteiger charge is 2.54. The Morgan fingerprint density at radius 1 is 0.343 bits per heavy atom. The van der Waals surface area contributed by atoms with Gasteiger partial charge in [-0.3, -0.25) is 4.79 Å². The molecule has 3 fully saturated rings. The molecule has 1 amide bonds. The standard InChI is InChI=1S/C83H157NO18/c1-3-5-7-9-11-13-15-17-19-21-23-25-27-29-31-32-33-34-35-37-39-41-43-45-47-49-51-53-55-57-59-61-71(89)84-66(67(88)60-58-56-54-52-50-48-46-44-42-40-38-36-30-28-26-24-22-20-18-16-14-12-10-8-6-4-2)65-97-81-77(95)74(92)79(69(63-86)99-81)102-83-78(96)75(93)80(70(64-87)100-83)101-82-76(94)73(91)72(90)68(62-85)98-82/h50,52,58,60,66-70,72-83,85-88,90-96H,3-49,51,53-57,59,61-65H2,1-2H3,(H,84,89)/b52-50+,60-58+. The van der Waals surface area contributed by atoms with E-state index in [0.717, 1.165) is 38.5 Å². The second-order valence-electron chi connectivity index (χ2n) is 30.6. The van der Waals surface area contributed by atoms with E-state index in [9.17, 15) is 61.0 Å². The van der Waals surface area contributed by atoms with Gasteiger partial charge in [0.1, 0.15) is 73.2 Å². The average Bonchev–Trinajstić information content (AvgIpc) is 0.779. The van der Waals surface area contributed by atoms with Crippen molar-refractivity contribution in [2.24, 2.45) is 0 Å². The molecule has 19 heteroatoms. The monoisotopic (exact) mass is 1460 g/mol. The number of hydrogen-bond donors (Lipinski definition) is 12. The van der Waals surface area contributed by atoms with Gasteiger partial charge in [0.05, 0.1) is 38.6 Å². The first-order valence-corrected chi connectivity index (χ1v) is 42.6. The molecule has 3 aliphatic heterocycles. The Morgan fingerprint density at radius 2 is 0.627 bits per heavy atom. The molecule has 0 aromatic carbocycles. The first-order valence-electron chi connectivity index (χ1n) is 42.6. The predicted octanol–water partition coefficient (Wildman–Crippen LogP) is 14.9. The molecule has 0 spiro atoms. The molecule has 0 bridgehead atoms. The minimum Gasteiger partial charge on any atom is -0.394 e. The number of amides is 1. The lowest BCUT2D eigenvalue weighted by molar-refractivity contribution is -0.379. The highest BCUT2D eigenvalue weighted by atomic mass is 16.8. The van der Waals surface area contributed by atoms with E-state index in [4.69, 9.17) is 28.4 Å². The van der Waals surface area contributed by atoms with Crippen LogP contribution >= 0.6 is 0 Å². The van der Waals surface area contributed by atoms with Crippen molar-refractivity contribution in [3.8, 4) is 0 Å². The van der Waals surface area contributed by atoms with Crippen molar-refractivity contribution >= 4 is 5.91 Å². The van der Waals surface area contributed by atoms with Crippen molar-refractivity contribution < 1.29 is 89.4 Å². The van der Waals surface area contributed by atoms with Crippen molar-refractivity contribution in [1.29, 1.82) is 0 Å². The van der Waals surface area contributed by atoms with Gasteiger partial charge in [0.25, 0.3) is 0 Å². The molecule has 0 aromatic heterocycles. The molecule has 0 saturated carbocycles. The maximum absolute atomic E-state index is 13.5. The molecule has 3 aliphatic rings. The van der Waals surface area contributed by atoms with Gasteiger partial charge in [0.15, 0.2) is 18.9 Å². The number of carbonyl (C=O) groups is 1. The van der Waals surface area contributed by atoms with Crippen LogP contribution in [0.25, 0.3) is 0 Å². The summed E-state index contributed by atoms with van der Waals surface area (Å²) in [4.78, 5) is 13.5. The summed E-state index contributed by atoms with van der Waals surface area (Å²) in [7, 11) is 0. The molecule has 602 valence electrons. The van der Waals surface area contributed by atoms with E-state index >= 15 is 0 Å². The van der Waals surface area contributed by atoms with Gasteiger partial charge in [-0.05, 0) is 32.1 Å². The largest absolute Gasteiger partial charge is 0.394 e. The Hall–Kier alpha value is -1.73. The van der Waals surface area contributed by atoms with Crippen molar-refractivity contribution in [3.05, 3.63) is 24.3 Å². The van der Waals surface area contributed by atoms with Crippen LogP contribution in [-0.4, -0.2) is 193 Å². The summed E-state index contributed by atoms with van der Waals surface area (Å²) < 4.78 is 34.5. The number of hydrogen-bond acceptors (Lipinski definition) is 18. The molecule has 3 heterocycles. The number of nitrogens with one attached hydrogen (secondary N) is 1. The lowest BCUT2D eigenvalue weighted by atomic mass is 9.96. The van der Waals surface area contributed by atoms with Crippen LogP contribution in [0.3, 0.4) is 0 Å². The van der Waals surface area contributed by atoms with Crippen molar-refractivity contribution in [2.45, 2.75) is 471 Å². The predicted molar refractivity (Wildman–Crippen MR) is 406 cm³/mol. The number of unbranched alkanes of at least 4 members (excludes halogenated alkanes) is 51. The molecule has 0 aromatic rings. The molecule has 0 radical (unpaired) electrons. The first kappa shape index (κ1) is 94.5. The third kappa shape index (κ3) is 43.5. The smallest absolute Gasteiger partial charge is 0.220 e. The zero-order chi connectivity index (χ0) is 73.9. The summed E-state index contributed by atoms with van der Waals surface area (Å²) in [5.74, 6) is -0.276. The van der Waals surface area contributed by atoms with E-state index in [1.54, 1.807) is 6.08 Å². The van der Waals surface area contributed by atoms with Gasteiger partial charge >= 0.3 is 0 Å². The maximum Gasteiger partial charge on any atom is 0.220 e. The van der Waals surface area contributed by atoms with Crippen molar-refractivity contribution in [3.63, 3.8) is 0 Å². The Morgan fingerprint density at radius 3 is 0.980 bits per heavy atom. The van der Waals surface area contributed by atoms with E-state index in [-0.39, 0.29) is 18.9 Å². The SMILES string of the molecule is CCCCCCCCCCCCCCCCCCCCCC/C=C/CC/C=C/C(O)C(COC1OC(CO)C(OC2OC(CO)C(OC3OC(CO)C(O)C(O)C3O)C(O)C2O)C(O)C1O)NC(=O)CCCCCCCCCCCCCCCCCCCCCCCCCCCCCCCCC. The number of ether oxygens (including phenoxy) is 6. The van der Waals surface area contributed by atoms with Crippen LogP contribution in [0.1, 0.15) is 367 Å². The highest BCUT2D eigenvalue weighted by Crippen LogP contribution is 2.33.